The van der Waals surface area contributed by atoms with Crippen molar-refractivity contribution in [2.45, 2.75) is 0 Å². The molecular weight excluding hydrogens is 235 g/mol. The van der Waals surface area contributed by atoms with E-state index in [0.29, 0.717) is 10.6 Å². The molecule has 72 valence electrons. The molecule has 1 amide bonds. The van der Waals surface area contributed by atoms with E-state index in [1.807, 2.05) is 11.4 Å². The first-order valence-corrected chi connectivity index (χ1v) is 4.99. The maximum absolute atomic E-state index is 11.5. The van der Waals surface area contributed by atoms with Gasteiger partial charge in [0.1, 0.15) is 0 Å². The van der Waals surface area contributed by atoms with Crippen molar-refractivity contribution in [3.63, 3.8) is 0 Å². The Labute approximate surface area is 134 Å². The van der Waals surface area contributed by atoms with Gasteiger partial charge in [-0.05, 0) is 23.6 Å². The van der Waals surface area contributed by atoms with Crippen LogP contribution in [0.2, 0.25) is 0 Å². The van der Waals surface area contributed by atoms with Crippen molar-refractivity contribution in [2.75, 3.05) is 5.32 Å². The van der Waals surface area contributed by atoms with E-state index in [9.17, 15) is 4.79 Å². The van der Waals surface area contributed by atoms with Gasteiger partial charge in [-0.1, -0.05) is 6.07 Å². The summed E-state index contributed by atoms with van der Waals surface area (Å²) in [5.41, 5.74) is 0.714. The molecular formula is C10H9KN2OS. The van der Waals surface area contributed by atoms with E-state index in [1.165, 1.54) is 11.3 Å². The van der Waals surface area contributed by atoms with E-state index in [-0.39, 0.29) is 57.3 Å². The Morgan fingerprint density at radius 2 is 2.20 bits per heavy atom. The van der Waals surface area contributed by atoms with Crippen molar-refractivity contribution in [2.24, 2.45) is 0 Å². The molecule has 0 saturated carbocycles. The number of anilines is 1. The molecule has 1 N–H and O–H groups in total. The first kappa shape index (κ1) is 13.0. The molecule has 2 aromatic rings. The number of carbonyl (C=O) groups is 1. The number of amides is 1. The topological polar surface area (TPSA) is 42.0 Å². The third-order valence-corrected chi connectivity index (χ3v) is 2.53. The molecule has 3 nitrogen and oxygen atoms in total. The Bertz CT molecular complexity index is 416. The number of carbonyl (C=O) groups excluding carboxylic acids is 1. The zero-order chi connectivity index (χ0) is 9.80. The summed E-state index contributed by atoms with van der Waals surface area (Å²) < 4.78 is 0. The fourth-order valence-electron chi connectivity index (χ4n) is 1.04. The van der Waals surface area contributed by atoms with Gasteiger partial charge in [0.25, 0.3) is 5.91 Å². The molecule has 2 heterocycles. The van der Waals surface area contributed by atoms with Crippen molar-refractivity contribution >= 4 is 74.3 Å². The zero-order valence-corrected chi connectivity index (χ0v) is 8.12. The summed E-state index contributed by atoms with van der Waals surface area (Å²) in [5, 5.41) is 4.63. The summed E-state index contributed by atoms with van der Waals surface area (Å²) in [4.78, 5) is 16.2. The molecule has 15 heavy (non-hydrogen) atoms. The molecule has 0 aromatic carbocycles. The fraction of sp³-hybridized carbons (Fsp3) is 0. The third-order valence-electron chi connectivity index (χ3n) is 1.66. The summed E-state index contributed by atoms with van der Waals surface area (Å²) in [7, 11) is 0. The van der Waals surface area contributed by atoms with Gasteiger partial charge in [-0.3, -0.25) is 9.78 Å². The molecule has 5 heteroatoms. The molecule has 0 spiro atoms. The van der Waals surface area contributed by atoms with Gasteiger partial charge in [0.2, 0.25) is 0 Å². The Balaban J connectivity index is 0.00000112. The van der Waals surface area contributed by atoms with Crippen LogP contribution in [-0.2, 0) is 0 Å². The van der Waals surface area contributed by atoms with Crippen LogP contribution in [0.15, 0.2) is 42.0 Å². The Hall–Kier alpha value is -0.0436. The number of aromatic nitrogens is 1. The van der Waals surface area contributed by atoms with Gasteiger partial charge >= 0.3 is 51.4 Å². The minimum absolute atomic E-state index is 0. The van der Waals surface area contributed by atoms with E-state index in [4.69, 9.17) is 0 Å². The van der Waals surface area contributed by atoms with Crippen LogP contribution >= 0.6 is 11.3 Å². The normalized spacial score (nSPS) is 9.07. The predicted molar refractivity (Wildman–Crippen MR) is 63.7 cm³/mol. The molecule has 0 saturated heterocycles. The predicted octanol–water partition coefficient (Wildman–Crippen LogP) is 1.75. The van der Waals surface area contributed by atoms with E-state index < -0.39 is 0 Å². The van der Waals surface area contributed by atoms with Crippen LogP contribution < -0.4 is 5.32 Å². The Kier molecular flexibility index (Phi) is 5.66. The Morgan fingerprint density at radius 1 is 1.33 bits per heavy atom. The average Bonchev–Trinajstić information content (AvgIpc) is 2.72. The second-order valence-corrected chi connectivity index (χ2v) is 3.62. The van der Waals surface area contributed by atoms with Crippen LogP contribution in [0.1, 0.15) is 9.67 Å². The number of nitrogens with zero attached hydrogens (tertiary/aromatic N) is 1. The summed E-state index contributed by atoms with van der Waals surface area (Å²) in [6.45, 7) is 0. The number of rotatable bonds is 2. The van der Waals surface area contributed by atoms with Crippen LogP contribution in [-0.4, -0.2) is 62.3 Å². The molecule has 0 radical (unpaired) electrons. The molecule has 0 aliphatic carbocycles. The van der Waals surface area contributed by atoms with Crippen molar-refractivity contribution < 1.29 is 4.79 Å². The fourth-order valence-corrected chi connectivity index (χ4v) is 1.66. The first-order valence-electron chi connectivity index (χ1n) is 4.11. The summed E-state index contributed by atoms with van der Waals surface area (Å²) in [5.74, 6) is -0.0898. The van der Waals surface area contributed by atoms with Crippen LogP contribution in [0.5, 0.6) is 0 Å². The Morgan fingerprint density at radius 3 is 2.80 bits per heavy atom. The first-order chi connectivity index (χ1) is 6.86. The van der Waals surface area contributed by atoms with Crippen LogP contribution in [0, 0.1) is 0 Å². The van der Waals surface area contributed by atoms with Gasteiger partial charge in [0, 0.05) is 6.20 Å². The summed E-state index contributed by atoms with van der Waals surface area (Å²) >= 11 is 1.42. The second kappa shape index (κ2) is 6.52. The molecule has 0 fully saturated rings. The van der Waals surface area contributed by atoms with E-state index in [0.717, 1.165) is 0 Å². The SMILES string of the molecule is O=C(Nc1cccnc1)c1cccs1.[KH]. The second-order valence-electron chi connectivity index (χ2n) is 2.67. The van der Waals surface area contributed by atoms with Gasteiger partial charge in [-0.25, -0.2) is 0 Å². The molecule has 0 aliphatic rings. The van der Waals surface area contributed by atoms with Crippen molar-refractivity contribution in [3.8, 4) is 0 Å². The molecule has 0 aliphatic heterocycles. The molecule has 0 bridgehead atoms. The van der Waals surface area contributed by atoms with Gasteiger partial charge in [0.15, 0.2) is 0 Å². The van der Waals surface area contributed by atoms with E-state index in [1.54, 1.807) is 30.6 Å². The number of nitrogens with one attached hydrogen (secondary N) is 1. The summed E-state index contributed by atoms with van der Waals surface area (Å²) in [6, 6.07) is 7.22. The third kappa shape index (κ3) is 3.79. The molecule has 0 atom stereocenters. The number of hydrogen-bond donors (Lipinski definition) is 1. The van der Waals surface area contributed by atoms with Crippen LogP contribution in [0.4, 0.5) is 5.69 Å². The van der Waals surface area contributed by atoms with E-state index >= 15 is 0 Å². The monoisotopic (exact) mass is 244 g/mol. The number of thiophene rings is 1. The number of pyridine rings is 1. The quantitative estimate of drug-likeness (QED) is 0.818. The molecule has 2 rings (SSSR count). The van der Waals surface area contributed by atoms with Gasteiger partial charge in [-0.2, -0.15) is 0 Å². The molecule has 0 unspecified atom stereocenters. The van der Waals surface area contributed by atoms with Gasteiger partial charge in [0.05, 0.1) is 16.8 Å². The van der Waals surface area contributed by atoms with Gasteiger partial charge < -0.3 is 5.32 Å². The van der Waals surface area contributed by atoms with E-state index in [2.05, 4.69) is 10.3 Å². The van der Waals surface area contributed by atoms with Crippen molar-refractivity contribution in [1.82, 2.24) is 4.98 Å². The number of hydrogen-bond acceptors (Lipinski definition) is 3. The maximum atomic E-state index is 11.5. The zero-order valence-electron chi connectivity index (χ0n) is 7.31. The molecule has 2 aromatic heterocycles. The average molecular weight is 244 g/mol. The van der Waals surface area contributed by atoms with Crippen LogP contribution in [0.25, 0.3) is 0 Å². The summed E-state index contributed by atoms with van der Waals surface area (Å²) in [6.07, 6.45) is 3.28. The van der Waals surface area contributed by atoms with Crippen LogP contribution in [0.3, 0.4) is 0 Å². The van der Waals surface area contributed by atoms with Gasteiger partial charge in [-0.15, -0.1) is 11.3 Å². The van der Waals surface area contributed by atoms with Crippen molar-refractivity contribution in [1.29, 1.82) is 0 Å². The minimum atomic E-state index is -0.0898. The van der Waals surface area contributed by atoms with Crippen molar-refractivity contribution in [3.05, 3.63) is 46.9 Å². The standard InChI is InChI=1S/C10H8N2OS.K.H/c13-10(9-4-2-6-14-9)12-8-3-1-5-11-7-8;;/h1-7H,(H,12,13);;.